The fourth-order valence-corrected chi connectivity index (χ4v) is 5.48. The summed E-state index contributed by atoms with van der Waals surface area (Å²) in [4.78, 5) is 13.6. The highest BCUT2D eigenvalue weighted by atomic mass is 32.3. The van der Waals surface area contributed by atoms with Crippen LogP contribution in [-0.2, 0) is 26.8 Å². The third-order valence-electron chi connectivity index (χ3n) is 5.13. The van der Waals surface area contributed by atoms with Gasteiger partial charge in [-0.3, -0.25) is 9.10 Å². The van der Waals surface area contributed by atoms with Crippen molar-refractivity contribution in [2.24, 2.45) is 0 Å². The number of H-pyrrole nitrogens is 1. The van der Waals surface area contributed by atoms with Crippen molar-refractivity contribution in [3.63, 3.8) is 0 Å². The molecule has 0 atom stereocenters. The van der Waals surface area contributed by atoms with Gasteiger partial charge in [0.1, 0.15) is 0 Å². The van der Waals surface area contributed by atoms with Crippen molar-refractivity contribution >= 4 is 36.7 Å². The van der Waals surface area contributed by atoms with Crippen LogP contribution in [-0.4, -0.2) is 21.8 Å². The van der Waals surface area contributed by atoms with Gasteiger partial charge < -0.3 is 4.98 Å². The molecule has 0 aliphatic heterocycles. The van der Waals surface area contributed by atoms with Crippen LogP contribution in [0.5, 0.6) is 0 Å². The summed E-state index contributed by atoms with van der Waals surface area (Å²) in [5.74, 6) is 0. The third-order valence-corrected chi connectivity index (χ3v) is 7.72. The third kappa shape index (κ3) is 4.54. The second-order valence-corrected chi connectivity index (χ2v) is 10.5. The van der Waals surface area contributed by atoms with E-state index >= 15 is 0 Å². The highest BCUT2D eigenvalue weighted by Gasteiger charge is 2.27. The van der Waals surface area contributed by atoms with E-state index in [1.54, 1.807) is 24.3 Å². The van der Waals surface area contributed by atoms with E-state index in [-0.39, 0.29) is 17.6 Å². The van der Waals surface area contributed by atoms with Gasteiger partial charge in [-0.2, -0.15) is 13.7 Å². The van der Waals surface area contributed by atoms with Crippen LogP contribution >= 0.6 is 0 Å². The highest BCUT2D eigenvalue weighted by molar-refractivity contribution is 7.92. The Kier molecular flexibility index (Phi) is 5.95. The molecule has 3 aromatic carbocycles. The van der Waals surface area contributed by atoms with Gasteiger partial charge in [0, 0.05) is 11.6 Å². The molecular weight excluding hydrogens is 481 g/mol. The molecule has 0 bridgehead atoms. The molecule has 4 aromatic rings. The zero-order chi connectivity index (χ0) is 24.5. The predicted octanol–water partition coefficient (Wildman–Crippen LogP) is 3.45. The summed E-state index contributed by atoms with van der Waals surface area (Å²) in [7, 11) is -9.54. The maximum atomic E-state index is 13.6. The number of nitriles is 1. The molecule has 1 N–H and O–H groups in total. The van der Waals surface area contributed by atoms with Gasteiger partial charge in [0.2, 0.25) is 0 Å². The summed E-state index contributed by atoms with van der Waals surface area (Å²) >= 11 is 0. The van der Waals surface area contributed by atoms with Crippen LogP contribution in [0.3, 0.4) is 0 Å². The summed E-state index contributed by atoms with van der Waals surface area (Å²) in [6.45, 7) is -0.198. The fourth-order valence-electron chi connectivity index (χ4n) is 3.41. The van der Waals surface area contributed by atoms with E-state index in [4.69, 9.17) is 5.26 Å². The van der Waals surface area contributed by atoms with Gasteiger partial charge in [0.05, 0.1) is 33.7 Å². The summed E-state index contributed by atoms with van der Waals surface area (Å²) in [5, 5.41) is 9.86. The van der Waals surface area contributed by atoms with Crippen LogP contribution < -0.4 is 9.86 Å². The molecule has 1 heterocycles. The summed E-state index contributed by atoms with van der Waals surface area (Å²) < 4.78 is 64.5. The monoisotopic (exact) mass is 497 g/mol. The van der Waals surface area contributed by atoms with E-state index in [0.29, 0.717) is 16.5 Å². The van der Waals surface area contributed by atoms with Crippen molar-refractivity contribution in [1.82, 2.24) is 4.98 Å². The minimum absolute atomic E-state index is 0.141. The molecule has 0 unspecified atom stereocenters. The number of pyridine rings is 1. The average molecular weight is 498 g/mol. The first-order chi connectivity index (χ1) is 16.1. The number of halogens is 1. The molecular formula is C23H16FN3O5S2. The van der Waals surface area contributed by atoms with Crippen molar-refractivity contribution in [2.45, 2.75) is 16.3 Å². The molecule has 11 heteroatoms. The average Bonchev–Trinajstić information content (AvgIpc) is 2.82. The lowest BCUT2D eigenvalue weighted by molar-refractivity contribution is 0.551. The van der Waals surface area contributed by atoms with E-state index in [9.17, 15) is 25.5 Å². The van der Waals surface area contributed by atoms with Crippen molar-refractivity contribution in [1.29, 1.82) is 5.26 Å². The first-order valence-corrected chi connectivity index (χ1v) is 12.6. The van der Waals surface area contributed by atoms with Gasteiger partial charge in [-0.05, 0) is 59.5 Å². The standard InChI is InChI=1S/C23H16FN3O5S2/c24-33(29,30)20-2-1-3-21(13-20)34(31,32)27(15-17-6-4-16(14-25)5-7-17)19-9-8-18-10-11-26-23(28)22(18)12-19/h1-13H,15H2,(H,26,28). The zero-order valence-corrected chi connectivity index (χ0v) is 19.0. The van der Waals surface area contributed by atoms with Crippen LogP contribution in [0.4, 0.5) is 9.57 Å². The van der Waals surface area contributed by atoms with E-state index in [1.165, 1.54) is 30.5 Å². The van der Waals surface area contributed by atoms with Crippen molar-refractivity contribution in [3.8, 4) is 6.07 Å². The second-order valence-electron chi connectivity index (χ2n) is 7.31. The van der Waals surface area contributed by atoms with Crippen molar-refractivity contribution in [3.05, 3.63) is 100 Å². The Morgan fingerprint density at radius 1 is 0.912 bits per heavy atom. The first kappa shape index (κ1) is 23.2. The SMILES string of the molecule is N#Cc1ccc(CN(c2ccc3cc[nH]c(=O)c3c2)S(=O)(=O)c2cccc(S(=O)(=O)F)c2)cc1. The predicted molar refractivity (Wildman–Crippen MR) is 124 cm³/mol. The Hall–Kier alpha value is -4.01. The van der Waals surface area contributed by atoms with Crippen LogP contribution in [0.15, 0.2) is 93.6 Å². The molecule has 0 saturated carbocycles. The molecule has 0 fully saturated rings. The topological polar surface area (TPSA) is 128 Å². The Labute approximate surface area is 194 Å². The highest BCUT2D eigenvalue weighted by Crippen LogP contribution is 2.29. The Morgan fingerprint density at radius 2 is 1.62 bits per heavy atom. The molecule has 0 spiro atoms. The molecule has 8 nitrogen and oxygen atoms in total. The molecule has 1 aromatic heterocycles. The minimum Gasteiger partial charge on any atom is -0.329 e. The van der Waals surface area contributed by atoms with Gasteiger partial charge >= 0.3 is 10.2 Å². The second kappa shape index (κ2) is 8.74. The van der Waals surface area contributed by atoms with E-state index in [2.05, 4.69) is 4.98 Å². The van der Waals surface area contributed by atoms with Crippen LogP contribution in [0.2, 0.25) is 0 Å². The lowest BCUT2D eigenvalue weighted by Crippen LogP contribution is -2.30. The number of rotatable bonds is 6. The Bertz CT molecular complexity index is 1710. The number of aromatic nitrogens is 1. The number of benzene rings is 3. The lowest BCUT2D eigenvalue weighted by Gasteiger charge is -2.25. The molecule has 0 saturated heterocycles. The van der Waals surface area contributed by atoms with Crippen LogP contribution in [0.1, 0.15) is 11.1 Å². The van der Waals surface area contributed by atoms with Crippen molar-refractivity contribution < 1.29 is 20.7 Å². The van der Waals surface area contributed by atoms with E-state index in [0.717, 1.165) is 28.6 Å². The maximum Gasteiger partial charge on any atom is 0.332 e. The summed E-state index contributed by atoms with van der Waals surface area (Å²) in [5.41, 5.74) is 0.637. The van der Waals surface area contributed by atoms with Gasteiger partial charge in [0.25, 0.3) is 15.6 Å². The van der Waals surface area contributed by atoms with Gasteiger partial charge in [-0.15, -0.1) is 3.89 Å². The van der Waals surface area contributed by atoms with Gasteiger partial charge in [-0.1, -0.05) is 24.3 Å². The summed E-state index contributed by atoms with van der Waals surface area (Å²) in [6.07, 6.45) is 1.47. The van der Waals surface area contributed by atoms with E-state index < -0.39 is 35.6 Å². The Morgan fingerprint density at radius 3 is 2.29 bits per heavy atom. The van der Waals surface area contributed by atoms with Crippen molar-refractivity contribution in [2.75, 3.05) is 4.31 Å². The molecule has 4 rings (SSSR count). The number of nitrogens with zero attached hydrogens (tertiary/aromatic N) is 2. The zero-order valence-electron chi connectivity index (χ0n) is 17.3. The fraction of sp³-hybridized carbons (Fsp3) is 0.0435. The Balaban J connectivity index is 1.89. The van der Waals surface area contributed by atoms with Gasteiger partial charge in [0.15, 0.2) is 0 Å². The first-order valence-electron chi connectivity index (χ1n) is 9.77. The number of aromatic amines is 1. The lowest BCUT2D eigenvalue weighted by atomic mass is 10.1. The molecule has 0 radical (unpaired) electrons. The molecule has 0 aliphatic rings. The molecule has 172 valence electrons. The number of fused-ring (bicyclic) bond motifs is 1. The maximum absolute atomic E-state index is 13.6. The van der Waals surface area contributed by atoms with Crippen LogP contribution in [0, 0.1) is 11.3 Å². The van der Waals surface area contributed by atoms with Crippen LogP contribution in [0.25, 0.3) is 10.8 Å². The number of hydrogen-bond donors (Lipinski definition) is 1. The number of nitrogens with one attached hydrogen (secondary N) is 1. The normalized spacial score (nSPS) is 11.8. The molecule has 0 amide bonds. The number of sulfonamides is 1. The van der Waals surface area contributed by atoms with E-state index in [1.807, 2.05) is 6.07 Å². The quantitative estimate of drug-likeness (QED) is 0.406. The smallest absolute Gasteiger partial charge is 0.329 e. The largest absolute Gasteiger partial charge is 0.332 e. The van der Waals surface area contributed by atoms with Gasteiger partial charge in [-0.25, -0.2) is 8.42 Å². The minimum atomic E-state index is -5.14. The number of hydrogen-bond acceptors (Lipinski definition) is 6. The number of anilines is 1. The molecule has 34 heavy (non-hydrogen) atoms. The summed E-state index contributed by atoms with van der Waals surface area (Å²) in [6, 6.07) is 18.3. The molecule has 0 aliphatic carbocycles.